The molecule has 0 unspecified atom stereocenters. The maximum atomic E-state index is 14.3. The average molecular weight is 405 g/mol. The van der Waals surface area contributed by atoms with Crippen molar-refractivity contribution in [2.45, 2.75) is 44.6 Å². The fraction of sp³-hybridized carbons (Fsp3) is 0.571. The molecule has 1 aromatic carbocycles. The number of hydrogen-bond donors (Lipinski definition) is 1. The van der Waals surface area contributed by atoms with Crippen LogP contribution in [-0.2, 0) is 14.3 Å². The number of benzene rings is 1. The number of anilines is 1. The van der Waals surface area contributed by atoms with Gasteiger partial charge in [0.05, 0.1) is 6.54 Å². The number of ether oxygens (including phenoxy) is 1. The smallest absolute Gasteiger partial charge is 0.251 e. The van der Waals surface area contributed by atoms with Gasteiger partial charge in [-0.05, 0) is 36.6 Å². The molecule has 2 heterocycles. The van der Waals surface area contributed by atoms with Crippen LogP contribution in [0.25, 0.3) is 0 Å². The van der Waals surface area contributed by atoms with E-state index in [2.05, 4.69) is 5.32 Å². The van der Waals surface area contributed by atoms with Crippen LogP contribution in [-0.4, -0.2) is 74.1 Å². The maximum absolute atomic E-state index is 14.3. The molecule has 0 bridgehead atoms. The summed E-state index contributed by atoms with van der Waals surface area (Å²) in [5.41, 5.74) is 1.38. The maximum Gasteiger partial charge on any atom is 0.251 e. The second-order valence-corrected chi connectivity index (χ2v) is 8.29. The van der Waals surface area contributed by atoms with E-state index >= 15 is 0 Å². The van der Waals surface area contributed by atoms with E-state index in [1.54, 1.807) is 12.1 Å². The average Bonchev–Trinajstić information content (AvgIpc) is 3.21. The van der Waals surface area contributed by atoms with Gasteiger partial charge in [0.1, 0.15) is 31.0 Å². The third-order valence-corrected chi connectivity index (χ3v) is 5.36. The van der Waals surface area contributed by atoms with E-state index in [0.29, 0.717) is 12.0 Å². The first-order chi connectivity index (χ1) is 13.7. The molecule has 0 saturated carbocycles. The second-order valence-electron chi connectivity index (χ2n) is 8.29. The van der Waals surface area contributed by atoms with Crippen molar-refractivity contribution >= 4 is 23.3 Å². The molecule has 0 aliphatic carbocycles. The van der Waals surface area contributed by atoms with Crippen LogP contribution in [0.2, 0.25) is 0 Å². The van der Waals surface area contributed by atoms with Gasteiger partial charge >= 0.3 is 0 Å². The van der Waals surface area contributed by atoms with Crippen LogP contribution >= 0.6 is 0 Å². The summed E-state index contributed by atoms with van der Waals surface area (Å²) in [6.07, 6.45) is -1.91. The molecule has 0 aromatic heterocycles. The third-order valence-electron chi connectivity index (χ3n) is 5.36. The molecule has 8 heteroatoms. The quantitative estimate of drug-likeness (QED) is 0.774. The highest BCUT2D eigenvalue weighted by atomic mass is 19.1. The molecule has 7 nitrogen and oxygen atoms in total. The highest BCUT2D eigenvalue weighted by Crippen LogP contribution is 2.30. The van der Waals surface area contributed by atoms with E-state index in [-0.39, 0.29) is 30.8 Å². The Labute approximate surface area is 170 Å². The number of Topliss-reactive ketones (excluding diaryl/α,β-unsaturated/α-hetero) is 1. The monoisotopic (exact) mass is 405 g/mol. The lowest BCUT2D eigenvalue weighted by molar-refractivity contribution is -0.138. The number of fused-ring (bicyclic) bond motifs is 1. The van der Waals surface area contributed by atoms with Gasteiger partial charge in [-0.3, -0.25) is 14.4 Å². The zero-order valence-corrected chi connectivity index (χ0v) is 17.2. The van der Waals surface area contributed by atoms with E-state index < -0.39 is 30.3 Å². The number of carbonyl (C=O) groups is 3. The van der Waals surface area contributed by atoms with Crippen molar-refractivity contribution in [3.8, 4) is 0 Å². The number of halogens is 1. The van der Waals surface area contributed by atoms with Crippen molar-refractivity contribution in [2.75, 3.05) is 32.1 Å². The summed E-state index contributed by atoms with van der Waals surface area (Å²) in [6.45, 7) is 3.50. The minimum absolute atomic E-state index is 0.121. The number of carbonyl (C=O) groups excluding carboxylic acids is 3. The third kappa shape index (κ3) is 4.42. The Balaban J connectivity index is 1.76. The van der Waals surface area contributed by atoms with Crippen LogP contribution in [0.5, 0.6) is 0 Å². The van der Waals surface area contributed by atoms with E-state index in [1.165, 1.54) is 4.90 Å². The van der Waals surface area contributed by atoms with Crippen molar-refractivity contribution in [1.29, 1.82) is 0 Å². The van der Waals surface area contributed by atoms with E-state index in [4.69, 9.17) is 4.74 Å². The summed E-state index contributed by atoms with van der Waals surface area (Å²) in [4.78, 5) is 41.2. The van der Waals surface area contributed by atoms with Gasteiger partial charge in [-0.2, -0.15) is 0 Å². The molecule has 4 atom stereocenters. The molecular weight excluding hydrogens is 377 g/mol. The zero-order valence-electron chi connectivity index (χ0n) is 17.2. The largest absolute Gasteiger partial charge is 0.378 e. The van der Waals surface area contributed by atoms with Crippen molar-refractivity contribution in [2.24, 2.45) is 5.92 Å². The number of alkyl halides is 1. The topological polar surface area (TPSA) is 79.0 Å². The molecule has 2 aliphatic heterocycles. The van der Waals surface area contributed by atoms with Gasteiger partial charge < -0.3 is 19.9 Å². The SMILES string of the molecule is CC(C)C[C@H](NC(=O)c1ccc(N(C)C)cc1)C(=O)N1C[C@H](F)[C@H]2OCC(=O)[C@H]21. The van der Waals surface area contributed by atoms with Crippen LogP contribution in [0.3, 0.4) is 0 Å². The van der Waals surface area contributed by atoms with Crippen molar-refractivity contribution in [3.05, 3.63) is 29.8 Å². The molecule has 1 N–H and O–H groups in total. The first kappa shape index (κ1) is 21.2. The van der Waals surface area contributed by atoms with Gasteiger partial charge in [-0.25, -0.2) is 4.39 Å². The molecule has 0 spiro atoms. The van der Waals surface area contributed by atoms with Gasteiger partial charge in [0.15, 0.2) is 5.78 Å². The molecule has 158 valence electrons. The van der Waals surface area contributed by atoms with Gasteiger partial charge in [0.25, 0.3) is 5.91 Å². The number of rotatable bonds is 6. The molecule has 2 fully saturated rings. The van der Waals surface area contributed by atoms with Gasteiger partial charge in [0, 0.05) is 25.3 Å². The molecule has 2 aliphatic rings. The highest BCUT2D eigenvalue weighted by Gasteiger charge is 2.53. The summed E-state index contributed by atoms with van der Waals surface area (Å²) in [5.74, 6) is -0.991. The number of hydrogen-bond acceptors (Lipinski definition) is 5. The van der Waals surface area contributed by atoms with Gasteiger partial charge in [-0.15, -0.1) is 0 Å². The molecule has 1 aromatic rings. The predicted octanol–water partition coefficient (Wildman–Crippen LogP) is 1.41. The minimum Gasteiger partial charge on any atom is -0.378 e. The highest BCUT2D eigenvalue weighted by molar-refractivity contribution is 5.99. The fourth-order valence-corrected chi connectivity index (χ4v) is 3.87. The zero-order chi connectivity index (χ0) is 21.3. The van der Waals surface area contributed by atoms with Gasteiger partial charge in [0.2, 0.25) is 5.91 Å². The number of amides is 2. The number of nitrogens with zero attached hydrogens (tertiary/aromatic N) is 2. The lowest BCUT2D eigenvalue weighted by atomic mass is 10.0. The summed E-state index contributed by atoms with van der Waals surface area (Å²) < 4.78 is 19.5. The van der Waals surface area contributed by atoms with E-state index in [1.807, 2.05) is 45.0 Å². The number of nitrogens with one attached hydrogen (secondary N) is 1. The first-order valence-corrected chi connectivity index (χ1v) is 9.86. The summed E-state index contributed by atoms with van der Waals surface area (Å²) in [7, 11) is 3.81. The number of likely N-dealkylation sites (tertiary alicyclic amines) is 1. The predicted molar refractivity (Wildman–Crippen MR) is 107 cm³/mol. The minimum atomic E-state index is -1.40. The summed E-state index contributed by atoms with van der Waals surface area (Å²) in [6, 6.07) is 5.29. The lowest BCUT2D eigenvalue weighted by Crippen LogP contribution is -2.52. The first-order valence-electron chi connectivity index (χ1n) is 9.86. The van der Waals surface area contributed by atoms with Crippen LogP contribution in [0.15, 0.2) is 24.3 Å². The molecule has 29 heavy (non-hydrogen) atoms. The Morgan fingerprint density at radius 2 is 1.93 bits per heavy atom. The number of ketones is 1. The van der Waals surface area contributed by atoms with Crippen LogP contribution < -0.4 is 10.2 Å². The fourth-order valence-electron chi connectivity index (χ4n) is 3.87. The Morgan fingerprint density at radius 3 is 2.52 bits per heavy atom. The molecular formula is C21H28FN3O4. The van der Waals surface area contributed by atoms with Crippen LogP contribution in [0.4, 0.5) is 10.1 Å². The summed E-state index contributed by atoms with van der Waals surface area (Å²) in [5, 5.41) is 2.78. The molecule has 0 radical (unpaired) electrons. The second kappa shape index (κ2) is 8.49. The van der Waals surface area contributed by atoms with E-state index in [9.17, 15) is 18.8 Å². The molecule has 2 amide bonds. The van der Waals surface area contributed by atoms with E-state index in [0.717, 1.165) is 5.69 Å². The lowest BCUT2D eigenvalue weighted by Gasteiger charge is -2.28. The Morgan fingerprint density at radius 1 is 1.28 bits per heavy atom. The van der Waals surface area contributed by atoms with Crippen molar-refractivity contribution in [3.63, 3.8) is 0 Å². The van der Waals surface area contributed by atoms with Crippen molar-refractivity contribution < 1.29 is 23.5 Å². The molecule has 2 saturated heterocycles. The normalized spacial score (nSPS) is 24.6. The Kier molecular flexibility index (Phi) is 6.21. The van der Waals surface area contributed by atoms with Crippen molar-refractivity contribution in [1.82, 2.24) is 10.2 Å². The van der Waals surface area contributed by atoms with Crippen LogP contribution in [0, 0.1) is 5.92 Å². The van der Waals surface area contributed by atoms with Crippen LogP contribution in [0.1, 0.15) is 30.6 Å². The summed E-state index contributed by atoms with van der Waals surface area (Å²) >= 11 is 0. The van der Waals surface area contributed by atoms with Gasteiger partial charge in [-0.1, -0.05) is 13.8 Å². The Hall–Kier alpha value is -2.48. The molecule has 3 rings (SSSR count). The standard InChI is InChI=1S/C21H28FN3O4/c1-12(2)9-16(23-20(27)13-5-7-14(8-6-13)24(3)4)21(28)25-10-15(22)19-18(25)17(26)11-29-19/h5-8,12,15-16,18-19H,9-11H2,1-4H3,(H,23,27)/t15-,16-,18+,19+/m0/s1. The Bertz CT molecular complexity index is 781.